The van der Waals surface area contributed by atoms with E-state index in [1.54, 1.807) is 11.3 Å². The predicted molar refractivity (Wildman–Crippen MR) is 97.6 cm³/mol. The average Bonchev–Trinajstić information content (AvgIpc) is 3.25. The highest BCUT2D eigenvalue weighted by Crippen LogP contribution is 2.25. The number of hydrogen-bond donors (Lipinski definition) is 1. The smallest absolute Gasteiger partial charge is 0.232 e. The van der Waals surface area contributed by atoms with Gasteiger partial charge < -0.3 is 9.84 Å². The van der Waals surface area contributed by atoms with Crippen molar-refractivity contribution in [3.63, 3.8) is 0 Å². The minimum absolute atomic E-state index is 0.171. The Balaban J connectivity index is 1.48. The van der Waals surface area contributed by atoms with Gasteiger partial charge in [-0.2, -0.15) is 4.98 Å². The number of likely N-dealkylation sites (N-methyl/N-ethyl adjacent to an activating group) is 1. The van der Waals surface area contributed by atoms with Crippen molar-refractivity contribution < 1.29 is 4.52 Å². The minimum atomic E-state index is 0.171. The molecule has 25 heavy (non-hydrogen) atoms. The second-order valence-corrected chi connectivity index (χ2v) is 7.30. The van der Waals surface area contributed by atoms with Crippen LogP contribution in [-0.2, 0) is 6.42 Å². The van der Waals surface area contributed by atoms with Gasteiger partial charge in [0.15, 0.2) is 5.82 Å². The molecule has 1 aliphatic heterocycles. The van der Waals surface area contributed by atoms with Gasteiger partial charge >= 0.3 is 0 Å². The molecule has 4 rings (SSSR count). The lowest BCUT2D eigenvalue weighted by atomic mass is 10.1. The molecule has 130 valence electrons. The maximum atomic E-state index is 5.45. The summed E-state index contributed by atoms with van der Waals surface area (Å²) in [4.78, 5) is 11.6. The topological polar surface area (TPSA) is 67.1 Å². The van der Waals surface area contributed by atoms with Gasteiger partial charge in [0.2, 0.25) is 5.89 Å². The number of aryl methyl sites for hydroxylation is 1. The van der Waals surface area contributed by atoms with E-state index in [4.69, 9.17) is 9.51 Å². The Morgan fingerprint density at radius 1 is 1.36 bits per heavy atom. The quantitative estimate of drug-likeness (QED) is 0.776. The molecule has 0 aliphatic carbocycles. The molecular weight excluding hydrogens is 334 g/mol. The van der Waals surface area contributed by atoms with Crippen molar-refractivity contribution in [1.82, 2.24) is 25.3 Å². The predicted octanol–water partition coefficient (Wildman–Crippen LogP) is 2.67. The van der Waals surface area contributed by atoms with E-state index in [1.165, 1.54) is 5.56 Å². The zero-order valence-electron chi connectivity index (χ0n) is 14.4. The molecule has 0 amide bonds. The second-order valence-electron chi connectivity index (χ2n) is 6.44. The lowest BCUT2D eigenvalue weighted by molar-refractivity contribution is 0.190. The molecule has 1 aliphatic rings. The molecule has 3 aromatic rings. The van der Waals surface area contributed by atoms with Gasteiger partial charge in [-0.05, 0) is 20.0 Å². The molecule has 3 heterocycles. The third-order valence-electron chi connectivity index (χ3n) is 4.44. The summed E-state index contributed by atoms with van der Waals surface area (Å²) in [6.07, 6.45) is 0.569. The van der Waals surface area contributed by atoms with Gasteiger partial charge in [-0.25, -0.2) is 4.98 Å². The number of piperazine rings is 1. The summed E-state index contributed by atoms with van der Waals surface area (Å²) in [5.41, 5.74) is 3.35. The zero-order chi connectivity index (χ0) is 17.2. The third-order valence-corrected chi connectivity index (χ3v) is 5.38. The van der Waals surface area contributed by atoms with Crippen LogP contribution < -0.4 is 5.32 Å². The van der Waals surface area contributed by atoms with Gasteiger partial charge in [-0.1, -0.05) is 28.9 Å². The van der Waals surface area contributed by atoms with E-state index in [0.29, 0.717) is 12.3 Å². The highest BCUT2D eigenvalue weighted by Gasteiger charge is 2.25. The number of rotatable bonds is 4. The summed E-state index contributed by atoms with van der Waals surface area (Å²) in [5, 5.41) is 10.6. The highest BCUT2D eigenvalue weighted by molar-refractivity contribution is 7.13. The lowest BCUT2D eigenvalue weighted by Crippen LogP contribution is -2.44. The van der Waals surface area contributed by atoms with E-state index in [-0.39, 0.29) is 6.04 Å². The van der Waals surface area contributed by atoms with Crippen LogP contribution in [0, 0.1) is 6.92 Å². The number of nitrogens with one attached hydrogen (secondary N) is 1. The van der Waals surface area contributed by atoms with Crippen LogP contribution >= 0.6 is 11.3 Å². The maximum absolute atomic E-state index is 5.45. The van der Waals surface area contributed by atoms with Crippen LogP contribution in [0.25, 0.3) is 10.6 Å². The molecule has 0 bridgehead atoms. The van der Waals surface area contributed by atoms with Crippen LogP contribution in [0.5, 0.6) is 0 Å². The van der Waals surface area contributed by atoms with Gasteiger partial charge in [0.25, 0.3) is 0 Å². The standard InChI is InChI=1S/C18H21N5OS/c1-12-4-3-5-13(8-12)18-20-14(11-25-18)9-16-21-17(22-24-16)15-10-19-6-7-23(15)2/h3-5,8,11,15,19H,6-7,9-10H2,1-2H3. The molecule has 7 heteroatoms. The first-order chi connectivity index (χ1) is 12.2. The first kappa shape index (κ1) is 16.4. The van der Waals surface area contributed by atoms with Crippen molar-refractivity contribution in [1.29, 1.82) is 0 Å². The number of thiazole rings is 1. The summed E-state index contributed by atoms with van der Waals surface area (Å²) >= 11 is 1.65. The molecule has 1 saturated heterocycles. The summed E-state index contributed by atoms with van der Waals surface area (Å²) in [5.74, 6) is 1.37. The SMILES string of the molecule is Cc1cccc(-c2nc(Cc3nc(C4CNCCN4C)no3)cs2)c1. The first-order valence-corrected chi connectivity index (χ1v) is 9.32. The van der Waals surface area contributed by atoms with Crippen LogP contribution in [0.3, 0.4) is 0 Å². The monoisotopic (exact) mass is 355 g/mol. The largest absolute Gasteiger partial charge is 0.339 e. The number of aromatic nitrogens is 3. The molecule has 1 N–H and O–H groups in total. The summed E-state index contributed by atoms with van der Waals surface area (Å²) in [6.45, 7) is 4.93. The second kappa shape index (κ2) is 7.03. The third kappa shape index (κ3) is 3.63. The van der Waals surface area contributed by atoms with E-state index in [1.807, 2.05) is 0 Å². The number of hydrogen-bond acceptors (Lipinski definition) is 7. The molecule has 1 atom stereocenters. The summed E-state index contributed by atoms with van der Waals surface area (Å²) in [6, 6.07) is 8.57. The minimum Gasteiger partial charge on any atom is -0.339 e. The van der Waals surface area contributed by atoms with Gasteiger partial charge in [0.05, 0.1) is 18.2 Å². The normalized spacial score (nSPS) is 18.6. The first-order valence-electron chi connectivity index (χ1n) is 8.44. The summed E-state index contributed by atoms with van der Waals surface area (Å²) < 4.78 is 5.45. The van der Waals surface area contributed by atoms with Crippen LogP contribution in [0.1, 0.15) is 29.0 Å². The number of nitrogens with zero attached hydrogens (tertiary/aromatic N) is 4. The van der Waals surface area contributed by atoms with E-state index in [0.717, 1.165) is 41.7 Å². The van der Waals surface area contributed by atoms with E-state index in [2.05, 4.69) is 64.0 Å². The van der Waals surface area contributed by atoms with Crippen LogP contribution in [0.2, 0.25) is 0 Å². The fourth-order valence-electron chi connectivity index (χ4n) is 3.02. The molecule has 2 aromatic heterocycles. The van der Waals surface area contributed by atoms with Gasteiger partial charge in [0, 0.05) is 30.6 Å². The molecule has 0 saturated carbocycles. The van der Waals surface area contributed by atoms with E-state index < -0.39 is 0 Å². The van der Waals surface area contributed by atoms with Gasteiger partial charge in [-0.15, -0.1) is 11.3 Å². The Morgan fingerprint density at radius 3 is 3.12 bits per heavy atom. The van der Waals surface area contributed by atoms with Crippen LogP contribution in [-0.4, -0.2) is 46.7 Å². The van der Waals surface area contributed by atoms with E-state index in [9.17, 15) is 0 Å². The molecule has 1 fully saturated rings. The Kier molecular flexibility index (Phi) is 4.61. The molecule has 6 nitrogen and oxygen atoms in total. The lowest BCUT2D eigenvalue weighted by Gasteiger charge is -2.30. The van der Waals surface area contributed by atoms with Gasteiger partial charge in [-0.3, -0.25) is 4.90 Å². The van der Waals surface area contributed by atoms with Crippen molar-refractivity contribution >= 4 is 11.3 Å². The fraction of sp³-hybridized carbons (Fsp3) is 0.389. The molecule has 1 aromatic carbocycles. The maximum Gasteiger partial charge on any atom is 0.232 e. The average molecular weight is 355 g/mol. The van der Waals surface area contributed by atoms with E-state index >= 15 is 0 Å². The Hall–Kier alpha value is -2.09. The Morgan fingerprint density at radius 2 is 2.28 bits per heavy atom. The van der Waals surface area contributed by atoms with Crippen molar-refractivity contribution in [2.24, 2.45) is 0 Å². The van der Waals surface area contributed by atoms with Crippen molar-refractivity contribution in [3.8, 4) is 10.6 Å². The number of benzene rings is 1. The molecule has 0 radical (unpaired) electrons. The fourth-order valence-corrected chi connectivity index (χ4v) is 3.84. The van der Waals surface area contributed by atoms with Crippen molar-refractivity contribution in [3.05, 3.63) is 52.6 Å². The Labute approximate surface area is 150 Å². The zero-order valence-corrected chi connectivity index (χ0v) is 15.2. The van der Waals surface area contributed by atoms with Crippen molar-refractivity contribution in [2.75, 3.05) is 26.7 Å². The highest BCUT2D eigenvalue weighted by atomic mass is 32.1. The van der Waals surface area contributed by atoms with Crippen LogP contribution in [0.15, 0.2) is 34.2 Å². The molecule has 1 unspecified atom stereocenters. The van der Waals surface area contributed by atoms with Crippen LogP contribution in [0.4, 0.5) is 0 Å². The Bertz CT molecular complexity index is 859. The van der Waals surface area contributed by atoms with Crippen molar-refractivity contribution in [2.45, 2.75) is 19.4 Å². The summed E-state index contributed by atoms with van der Waals surface area (Å²) in [7, 11) is 2.09. The van der Waals surface area contributed by atoms with Gasteiger partial charge in [0.1, 0.15) is 5.01 Å². The molecular formula is C18H21N5OS. The molecule has 0 spiro atoms.